The van der Waals surface area contributed by atoms with Gasteiger partial charge in [-0.05, 0) is 31.5 Å². The van der Waals surface area contributed by atoms with Crippen molar-refractivity contribution in [2.45, 2.75) is 36.6 Å². The van der Waals surface area contributed by atoms with Crippen molar-refractivity contribution in [2.24, 2.45) is 7.05 Å². The van der Waals surface area contributed by atoms with E-state index in [1.165, 1.54) is 37.6 Å². The van der Waals surface area contributed by atoms with Crippen LogP contribution in [0.3, 0.4) is 0 Å². The molecule has 2 atom stereocenters. The van der Waals surface area contributed by atoms with E-state index in [0.29, 0.717) is 0 Å². The van der Waals surface area contributed by atoms with Crippen molar-refractivity contribution in [1.29, 1.82) is 0 Å². The number of nitrogens with one attached hydrogen (secondary N) is 2. The van der Waals surface area contributed by atoms with Crippen LogP contribution in [0.15, 0.2) is 41.9 Å². The maximum Gasteiger partial charge on any atom is 0.416 e. The molecule has 0 bridgehead atoms. The molecule has 0 radical (unpaired) electrons. The van der Waals surface area contributed by atoms with Gasteiger partial charge in [-0.15, -0.1) is 6.58 Å². The summed E-state index contributed by atoms with van der Waals surface area (Å²) in [7, 11) is -2.79. The number of nitrogens with zero attached hydrogens (tertiary/aromatic N) is 1. The number of rotatable bonds is 4. The molecule has 12 heteroatoms. The molecule has 3 N–H and O–H groups in total. The third kappa shape index (κ3) is 4.38. The maximum atomic E-state index is 13.2. The number of aliphatic hydroxyl groups is 1. The minimum Gasteiger partial charge on any atom is -0.488 e. The Hall–Kier alpha value is -2.83. The number of aryl methyl sites for hydroxylation is 2. The lowest BCUT2D eigenvalue weighted by Gasteiger charge is -2.28. The van der Waals surface area contributed by atoms with E-state index < -0.39 is 39.3 Å². The predicted molar refractivity (Wildman–Crippen MR) is 110 cm³/mol. The molecule has 0 fully saturated rings. The maximum absolute atomic E-state index is 13.2. The van der Waals surface area contributed by atoms with Crippen LogP contribution in [0.2, 0.25) is 0 Å². The molecule has 0 aliphatic carbocycles. The number of alkyl halides is 3. The highest BCUT2D eigenvalue weighted by Gasteiger charge is 2.40. The fraction of sp³-hybridized carbons (Fsp3) is 0.350. The monoisotopic (exact) mass is 473 g/mol. The molecule has 1 aliphatic heterocycles. The number of carbonyl (C=O) groups excluding carboxylic acids is 1. The molecule has 1 aliphatic rings. The lowest BCUT2D eigenvalue weighted by molar-refractivity contribution is -0.138. The molecule has 1 aromatic carbocycles. The van der Waals surface area contributed by atoms with Gasteiger partial charge in [0.1, 0.15) is 11.5 Å². The highest BCUT2D eigenvalue weighted by atomic mass is 32.2. The summed E-state index contributed by atoms with van der Waals surface area (Å²) in [6.07, 6.45) is -2.30. The van der Waals surface area contributed by atoms with E-state index in [-0.39, 0.29) is 34.2 Å². The van der Waals surface area contributed by atoms with Crippen LogP contribution in [0.5, 0.6) is 5.75 Å². The standard InChI is InChI=1S/C20H22F3N3O5S/c1-5-19(3,28)15-10-31-17-14(32(29,30)25-15)9-26(4)16(17)18(27)24-12-7-6-11(2)13(8-12)20(21,22)23/h5-9,15,25,28H,1,10H2,2-4H3,(H,24,27)/t15-,19-/m1/s1. The van der Waals surface area contributed by atoms with E-state index >= 15 is 0 Å². The van der Waals surface area contributed by atoms with Gasteiger partial charge in [-0.3, -0.25) is 4.79 Å². The van der Waals surface area contributed by atoms with Gasteiger partial charge in [0.2, 0.25) is 10.0 Å². The van der Waals surface area contributed by atoms with Crippen molar-refractivity contribution in [3.8, 4) is 5.75 Å². The van der Waals surface area contributed by atoms with E-state index in [0.717, 1.165) is 18.3 Å². The Morgan fingerprint density at radius 3 is 2.66 bits per heavy atom. The Labute approximate surface area is 182 Å². The second-order valence-electron chi connectivity index (χ2n) is 7.68. The molecule has 3 rings (SSSR count). The van der Waals surface area contributed by atoms with Crippen molar-refractivity contribution in [2.75, 3.05) is 11.9 Å². The first-order valence-corrected chi connectivity index (χ1v) is 10.9. The Balaban J connectivity index is 1.98. The molecule has 0 saturated carbocycles. The summed E-state index contributed by atoms with van der Waals surface area (Å²) >= 11 is 0. The second-order valence-corrected chi connectivity index (χ2v) is 9.36. The number of hydrogen-bond donors (Lipinski definition) is 3. The van der Waals surface area contributed by atoms with Crippen LogP contribution in [-0.2, 0) is 23.2 Å². The number of ether oxygens (including phenoxy) is 1. The van der Waals surface area contributed by atoms with Gasteiger partial charge in [-0.1, -0.05) is 12.1 Å². The number of fused-ring (bicyclic) bond motifs is 1. The van der Waals surface area contributed by atoms with Gasteiger partial charge < -0.3 is 19.7 Å². The Bertz CT molecular complexity index is 1190. The summed E-state index contributed by atoms with van der Waals surface area (Å²) in [6, 6.07) is 2.23. The number of carbonyl (C=O) groups is 1. The number of amides is 1. The van der Waals surface area contributed by atoms with Crippen molar-refractivity contribution < 1.29 is 36.2 Å². The number of aromatic nitrogens is 1. The zero-order chi connectivity index (χ0) is 24.1. The number of halogens is 3. The van der Waals surface area contributed by atoms with Crippen LogP contribution in [0.4, 0.5) is 18.9 Å². The molecule has 0 saturated heterocycles. The number of hydrogen-bond acceptors (Lipinski definition) is 5. The number of anilines is 1. The molecule has 2 aromatic rings. The van der Waals surface area contributed by atoms with Gasteiger partial charge in [-0.25, -0.2) is 13.1 Å². The Kier molecular flexibility index (Phi) is 5.91. The number of sulfonamides is 1. The first-order chi connectivity index (χ1) is 14.7. The van der Waals surface area contributed by atoms with Crippen LogP contribution in [0, 0.1) is 6.92 Å². The zero-order valence-electron chi connectivity index (χ0n) is 17.4. The molecule has 32 heavy (non-hydrogen) atoms. The van der Waals surface area contributed by atoms with Crippen molar-refractivity contribution in [3.05, 3.63) is 53.9 Å². The molecule has 8 nitrogen and oxygen atoms in total. The quantitative estimate of drug-likeness (QED) is 0.592. The Morgan fingerprint density at radius 1 is 1.41 bits per heavy atom. The average molecular weight is 473 g/mol. The van der Waals surface area contributed by atoms with Crippen LogP contribution < -0.4 is 14.8 Å². The van der Waals surface area contributed by atoms with E-state index in [4.69, 9.17) is 4.74 Å². The van der Waals surface area contributed by atoms with Crippen LogP contribution in [0.25, 0.3) is 0 Å². The van der Waals surface area contributed by atoms with Gasteiger partial charge >= 0.3 is 6.18 Å². The fourth-order valence-electron chi connectivity index (χ4n) is 3.25. The summed E-state index contributed by atoms with van der Waals surface area (Å²) < 4.78 is 74.2. The predicted octanol–water partition coefficient (Wildman–Crippen LogP) is 2.58. The molecule has 0 spiro atoms. The largest absolute Gasteiger partial charge is 0.488 e. The van der Waals surface area contributed by atoms with Gasteiger partial charge in [-0.2, -0.15) is 13.2 Å². The van der Waals surface area contributed by atoms with E-state index in [1.807, 2.05) is 0 Å². The molecule has 174 valence electrons. The smallest absolute Gasteiger partial charge is 0.416 e. The van der Waals surface area contributed by atoms with Gasteiger partial charge in [0, 0.05) is 18.9 Å². The van der Waals surface area contributed by atoms with Crippen LogP contribution in [-0.4, -0.2) is 42.2 Å². The Morgan fingerprint density at radius 2 is 2.06 bits per heavy atom. The van der Waals surface area contributed by atoms with Crippen molar-refractivity contribution >= 4 is 21.6 Å². The van der Waals surface area contributed by atoms with Gasteiger partial charge in [0.15, 0.2) is 11.4 Å². The summed E-state index contributed by atoms with van der Waals surface area (Å²) in [5.74, 6) is -1.14. The highest BCUT2D eigenvalue weighted by molar-refractivity contribution is 7.89. The molecule has 0 unspecified atom stereocenters. The first-order valence-electron chi connectivity index (χ1n) is 9.37. The third-order valence-corrected chi connectivity index (χ3v) is 6.68. The topological polar surface area (TPSA) is 110 Å². The highest BCUT2D eigenvalue weighted by Crippen LogP contribution is 2.36. The van der Waals surface area contributed by atoms with Crippen LogP contribution in [0.1, 0.15) is 28.5 Å². The average Bonchev–Trinajstić information content (AvgIpc) is 2.96. The van der Waals surface area contributed by atoms with Crippen molar-refractivity contribution in [1.82, 2.24) is 9.29 Å². The van der Waals surface area contributed by atoms with Crippen LogP contribution >= 0.6 is 0 Å². The molecule has 2 heterocycles. The van der Waals surface area contributed by atoms with Crippen molar-refractivity contribution in [3.63, 3.8) is 0 Å². The van der Waals surface area contributed by atoms with E-state index in [1.54, 1.807) is 0 Å². The SMILES string of the molecule is C=C[C@@](C)(O)[C@H]1COc2c(cn(C)c2C(=O)Nc2ccc(C)c(C(F)(F)F)c2)S(=O)(=O)N1. The summed E-state index contributed by atoms with van der Waals surface area (Å²) in [6.45, 7) is 5.79. The number of benzene rings is 1. The fourth-order valence-corrected chi connectivity index (χ4v) is 4.75. The summed E-state index contributed by atoms with van der Waals surface area (Å²) in [4.78, 5) is 12.6. The second kappa shape index (κ2) is 7.94. The van der Waals surface area contributed by atoms with E-state index in [9.17, 15) is 31.5 Å². The summed E-state index contributed by atoms with van der Waals surface area (Å²) in [5.41, 5.74) is -2.89. The summed E-state index contributed by atoms with van der Waals surface area (Å²) in [5, 5.41) is 12.7. The molecular formula is C20H22F3N3O5S. The lowest BCUT2D eigenvalue weighted by atomic mass is 9.98. The molecule has 1 aromatic heterocycles. The minimum absolute atomic E-state index is 0.0101. The minimum atomic E-state index is -4.60. The van der Waals surface area contributed by atoms with Gasteiger partial charge in [0.05, 0.1) is 17.2 Å². The lowest BCUT2D eigenvalue weighted by Crippen LogP contribution is -2.51. The third-order valence-electron chi connectivity index (χ3n) is 5.22. The zero-order valence-corrected chi connectivity index (χ0v) is 18.3. The molecular weight excluding hydrogens is 451 g/mol. The first kappa shape index (κ1) is 23.8. The van der Waals surface area contributed by atoms with E-state index in [2.05, 4.69) is 16.6 Å². The normalized spacial score (nSPS) is 19.8. The van der Waals surface area contributed by atoms with Gasteiger partial charge in [0.25, 0.3) is 5.91 Å². The molecule has 1 amide bonds.